The highest BCUT2D eigenvalue weighted by Gasteiger charge is 2.06. The number of aromatic carboxylic acids is 1. The zero-order valence-corrected chi connectivity index (χ0v) is 10.1. The van der Waals surface area contributed by atoms with Gasteiger partial charge in [-0.25, -0.2) is 4.79 Å². The molecule has 1 aromatic heterocycles. The number of nitrogens with zero attached hydrogens (tertiary/aromatic N) is 1. The van der Waals surface area contributed by atoms with Crippen molar-refractivity contribution < 1.29 is 9.90 Å². The van der Waals surface area contributed by atoms with Gasteiger partial charge in [-0.1, -0.05) is 0 Å². The van der Waals surface area contributed by atoms with E-state index in [1.54, 1.807) is 35.9 Å². The molecule has 0 spiro atoms. The number of hydrogen-bond acceptors (Lipinski definition) is 4. The van der Waals surface area contributed by atoms with E-state index in [4.69, 9.17) is 5.11 Å². The van der Waals surface area contributed by atoms with Gasteiger partial charge >= 0.3 is 5.97 Å². The molecule has 0 amide bonds. The van der Waals surface area contributed by atoms with Gasteiger partial charge in [0.25, 0.3) is 0 Å². The summed E-state index contributed by atoms with van der Waals surface area (Å²) < 4.78 is 0. The molecule has 0 aliphatic rings. The van der Waals surface area contributed by atoms with Crippen LogP contribution in [0.1, 0.15) is 20.8 Å². The van der Waals surface area contributed by atoms with Crippen LogP contribution in [-0.4, -0.2) is 16.1 Å². The molecule has 1 aromatic carbocycles. The number of carbonyl (C=O) groups is 1. The van der Waals surface area contributed by atoms with Gasteiger partial charge in [-0.15, -0.1) is 11.3 Å². The summed E-state index contributed by atoms with van der Waals surface area (Å²) in [6.07, 6.45) is 1.82. The van der Waals surface area contributed by atoms with Crippen molar-refractivity contribution in [3.05, 3.63) is 45.9 Å². The SMILES string of the molecule is Cc1cc(NCc2cncs2)ccc1C(=O)O. The second-order valence-corrected chi connectivity index (χ2v) is 4.63. The smallest absolute Gasteiger partial charge is 0.335 e. The molecule has 17 heavy (non-hydrogen) atoms. The number of aryl methyl sites for hydroxylation is 1. The summed E-state index contributed by atoms with van der Waals surface area (Å²) in [5.41, 5.74) is 3.80. The molecular weight excluding hydrogens is 236 g/mol. The van der Waals surface area contributed by atoms with Crippen molar-refractivity contribution in [2.45, 2.75) is 13.5 Å². The first-order valence-corrected chi connectivity index (χ1v) is 6.00. The predicted octanol–water partition coefficient (Wildman–Crippen LogP) is 2.76. The van der Waals surface area contributed by atoms with Crippen LogP contribution >= 0.6 is 11.3 Å². The number of carboxylic acids is 1. The highest BCUT2D eigenvalue weighted by Crippen LogP contribution is 2.16. The fourth-order valence-electron chi connectivity index (χ4n) is 1.53. The maximum absolute atomic E-state index is 10.9. The Morgan fingerprint density at radius 1 is 1.53 bits per heavy atom. The average molecular weight is 248 g/mol. The summed E-state index contributed by atoms with van der Waals surface area (Å²) in [6, 6.07) is 5.23. The van der Waals surface area contributed by atoms with Gasteiger partial charge in [0.2, 0.25) is 0 Å². The Bertz CT molecular complexity index is 523. The summed E-state index contributed by atoms with van der Waals surface area (Å²) >= 11 is 1.59. The molecule has 0 aliphatic heterocycles. The molecule has 2 rings (SSSR count). The van der Waals surface area contributed by atoms with E-state index in [9.17, 15) is 4.79 Å². The van der Waals surface area contributed by atoms with Crippen LogP contribution in [0.3, 0.4) is 0 Å². The third-order valence-corrected chi connectivity index (χ3v) is 3.19. The van der Waals surface area contributed by atoms with Crippen LogP contribution in [0, 0.1) is 6.92 Å². The Balaban J connectivity index is 2.07. The van der Waals surface area contributed by atoms with Gasteiger partial charge in [-0.3, -0.25) is 4.98 Å². The topological polar surface area (TPSA) is 62.2 Å². The van der Waals surface area contributed by atoms with Gasteiger partial charge in [0.15, 0.2) is 0 Å². The number of carboxylic acid groups (broad SMARTS) is 1. The second-order valence-electron chi connectivity index (χ2n) is 3.66. The van der Waals surface area contributed by atoms with E-state index in [0.717, 1.165) is 16.1 Å². The van der Waals surface area contributed by atoms with Crippen molar-refractivity contribution in [2.24, 2.45) is 0 Å². The van der Waals surface area contributed by atoms with Gasteiger partial charge in [0.1, 0.15) is 0 Å². The highest BCUT2D eigenvalue weighted by molar-refractivity contribution is 7.09. The maximum atomic E-state index is 10.9. The largest absolute Gasteiger partial charge is 0.478 e. The number of anilines is 1. The van der Waals surface area contributed by atoms with E-state index in [0.29, 0.717) is 12.1 Å². The Morgan fingerprint density at radius 3 is 2.94 bits per heavy atom. The fourth-order valence-corrected chi connectivity index (χ4v) is 2.07. The molecule has 0 bridgehead atoms. The molecule has 0 aliphatic carbocycles. The Hall–Kier alpha value is -1.88. The van der Waals surface area contributed by atoms with E-state index >= 15 is 0 Å². The molecule has 88 valence electrons. The average Bonchev–Trinajstić information content (AvgIpc) is 2.78. The van der Waals surface area contributed by atoms with E-state index in [1.807, 2.05) is 12.3 Å². The molecular formula is C12H12N2O2S. The van der Waals surface area contributed by atoms with Gasteiger partial charge in [0.05, 0.1) is 17.6 Å². The summed E-state index contributed by atoms with van der Waals surface area (Å²) in [4.78, 5) is 16.0. The zero-order valence-electron chi connectivity index (χ0n) is 9.30. The Kier molecular flexibility index (Phi) is 3.39. The van der Waals surface area contributed by atoms with Crippen molar-refractivity contribution in [3.63, 3.8) is 0 Å². The standard InChI is InChI=1S/C12H12N2O2S/c1-8-4-9(2-3-11(8)12(15)16)14-6-10-5-13-7-17-10/h2-5,7,14H,6H2,1H3,(H,15,16). The number of thiazole rings is 1. The first-order valence-electron chi connectivity index (χ1n) is 5.12. The second kappa shape index (κ2) is 4.97. The van der Waals surface area contributed by atoms with Crippen LogP contribution in [0.2, 0.25) is 0 Å². The van der Waals surface area contributed by atoms with Crippen molar-refractivity contribution >= 4 is 23.0 Å². The molecule has 1 heterocycles. The minimum absolute atomic E-state index is 0.341. The summed E-state index contributed by atoms with van der Waals surface area (Å²) in [5.74, 6) is -0.892. The molecule has 2 N–H and O–H groups in total. The number of rotatable bonds is 4. The molecule has 0 fully saturated rings. The van der Waals surface area contributed by atoms with Crippen LogP contribution in [0.4, 0.5) is 5.69 Å². The lowest BCUT2D eigenvalue weighted by atomic mass is 10.1. The van der Waals surface area contributed by atoms with E-state index in [-0.39, 0.29) is 0 Å². The number of benzene rings is 1. The van der Waals surface area contributed by atoms with Crippen LogP contribution in [0.5, 0.6) is 0 Å². The molecule has 4 nitrogen and oxygen atoms in total. The molecule has 0 saturated heterocycles. The van der Waals surface area contributed by atoms with Crippen molar-refractivity contribution in [1.82, 2.24) is 4.98 Å². The van der Waals surface area contributed by atoms with E-state index < -0.39 is 5.97 Å². The first-order chi connectivity index (χ1) is 8.16. The van der Waals surface area contributed by atoms with Crippen molar-refractivity contribution in [3.8, 4) is 0 Å². The van der Waals surface area contributed by atoms with Crippen LogP contribution in [-0.2, 0) is 6.54 Å². The molecule has 0 saturated carbocycles. The molecule has 0 unspecified atom stereocenters. The normalized spacial score (nSPS) is 10.2. The third-order valence-electron chi connectivity index (χ3n) is 2.41. The number of hydrogen-bond donors (Lipinski definition) is 2. The monoisotopic (exact) mass is 248 g/mol. The Labute approximate surface area is 103 Å². The lowest BCUT2D eigenvalue weighted by Gasteiger charge is -2.07. The van der Waals surface area contributed by atoms with E-state index in [1.165, 1.54) is 0 Å². The molecule has 0 radical (unpaired) electrons. The first kappa shape index (κ1) is 11.6. The van der Waals surface area contributed by atoms with Gasteiger partial charge in [-0.2, -0.15) is 0 Å². The predicted molar refractivity (Wildman–Crippen MR) is 67.6 cm³/mol. The minimum Gasteiger partial charge on any atom is -0.478 e. The van der Waals surface area contributed by atoms with Gasteiger partial charge in [-0.05, 0) is 30.7 Å². The van der Waals surface area contributed by atoms with Gasteiger partial charge in [0, 0.05) is 16.8 Å². The Morgan fingerprint density at radius 2 is 2.35 bits per heavy atom. The minimum atomic E-state index is -0.892. The summed E-state index contributed by atoms with van der Waals surface area (Å²) in [6.45, 7) is 2.50. The molecule has 2 aromatic rings. The van der Waals surface area contributed by atoms with Gasteiger partial charge < -0.3 is 10.4 Å². The van der Waals surface area contributed by atoms with E-state index in [2.05, 4.69) is 10.3 Å². The van der Waals surface area contributed by atoms with Crippen LogP contribution < -0.4 is 5.32 Å². The van der Waals surface area contributed by atoms with Crippen molar-refractivity contribution in [1.29, 1.82) is 0 Å². The summed E-state index contributed by atoms with van der Waals surface area (Å²) in [5, 5.41) is 12.1. The van der Waals surface area contributed by atoms with Crippen molar-refractivity contribution in [2.75, 3.05) is 5.32 Å². The fraction of sp³-hybridized carbons (Fsp3) is 0.167. The number of aromatic nitrogens is 1. The van der Waals surface area contributed by atoms with Crippen LogP contribution in [0.15, 0.2) is 29.9 Å². The van der Waals surface area contributed by atoms with Crippen LogP contribution in [0.25, 0.3) is 0 Å². The lowest BCUT2D eigenvalue weighted by molar-refractivity contribution is 0.0696. The summed E-state index contributed by atoms with van der Waals surface area (Å²) in [7, 11) is 0. The highest BCUT2D eigenvalue weighted by atomic mass is 32.1. The zero-order chi connectivity index (χ0) is 12.3. The maximum Gasteiger partial charge on any atom is 0.335 e. The molecule has 0 atom stereocenters. The quantitative estimate of drug-likeness (QED) is 0.873. The number of nitrogens with one attached hydrogen (secondary N) is 1. The lowest BCUT2D eigenvalue weighted by Crippen LogP contribution is -2.02. The third kappa shape index (κ3) is 2.82. The molecule has 5 heteroatoms.